The van der Waals surface area contributed by atoms with Gasteiger partial charge in [0.1, 0.15) is 17.2 Å². The maximum absolute atomic E-state index is 11.3. The van der Waals surface area contributed by atoms with Crippen LogP contribution in [0, 0.1) is 0 Å². The van der Waals surface area contributed by atoms with E-state index in [2.05, 4.69) is 168 Å². The van der Waals surface area contributed by atoms with Crippen molar-refractivity contribution in [2.24, 2.45) is 0 Å². The first-order valence-corrected chi connectivity index (χ1v) is 22.9. The Kier molecular flexibility index (Phi) is 14.2. The van der Waals surface area contributed by atoms with Crippen LogP contribution in [-0.4, -0.2) is 18.3 Å². The highest BCUT2D eigenvalue weighted by Crippen LogP contribution is 2.56. The summed E-state index contributed by atoms with van der Waals surface area (Å²) in [6, 6.07) is 13.8. The second-order valence-electron chi connectivity index (χ2n) is 21.4. The van der Waals surface area contributed by atoms with E-state index in [1.54, 1.807) is 0 Å². The van der Waals surface area contributed by atoms with E-state index in [4.69, 9.17) is 18.3 Å². The van der Waals surface area contributed by atoms with Gasteiger partial charge in [-0.15, -0.1) is 0 Å². The van der Waals surface area contributed by atoms with Gasteiger partial charge in [-0.05, 0) is 98.1 Å². The van der Waals surface area contributed by atoms with Gasteiger partial charge in [0, 0.05) is 28.2 Å². The van der Waals surface area contributed by atoms with Crippen LogP contribution in [0.3, 0.4) is 0 Å². The Bertz CT molecular complexity index is 1740. The molecular weight excluding hydrogens is 724 g/mol. The quantitative estimate of drug-likeness (QED) is 0.130. The molecule has 0 unspecified atom stereocenters. The van der Waals surface area contributed by atoms with Crippen molar-refractivity contribution >= 4 is 8.60 Å². The van der Waals surface area contributed by atoms with Crippen LogP contribution >= 0.6 is 8.60 Å². The van der Waals surface area contributed by atoms with Gasteiger partial charge < -0.3 is 18.9 Å². The summed E-state index contributed by atoms with van der Waals surface area (Å²) in [5, 5.41) is 11.3. The van der Waals surface area contributed by atoms with Crippen molar-refractivity contribution in [3.63, 3.8) is 0 Å². The third-order valence-electron chi connectivity index (χ3n) is 13.5. The van der Waals surface area contributed by atoms with Gasteiger partial charge in [0.25, 0.3) is 0 Å². The molecule has 318 valence electrons. The molecule has 0 fully saturated rings. The first-order chi connectivity index (χ1) is 26.1. The first-order valence-electron chi connectivity index (χ1n) is 21.8. The maximum Gasteiger partial charge on any atom is 0.463 e. The summed E-state index contributed by atoms with van der Waals surface area (Å²) in [4.78, 5) is 0. The Hall–Kier alpha value is -2.59. The first kappa shape index (κ1) is 47.1. The third kappa shape index (κ3) is 10.2. The molecule has 3 aromatic rings. The highest BCUT2D eigenvalue weighted by atomic mass is 31.2. The van der Waals surface area contributed by atoms with Gasteiger partial charge in [0.2, 0.25) is 0 Å². The molecule has 0 spiro atoms. The SMILES string of the molecule is CCC(C)(C)c1cc2c(c(C(C)(C)CC)c1)OP(OCCOCc1cc(C(C)(C)C)c(O)c(C(C)(C)C)c1)Oc1c(cc(C(C)(C)CC)cc1C(C)(C)CC)C2C. The van der Waals surface area contributed by atoms with Crippen LogP contribution in [0.5, 0.6) is 17.2 Å². The monoisotopic (exact) mass is 803 g/mol. The Morgan fingerprint density at radius 2 is 0.930 bits per heavy atom. The summed E-state index contributed by atoms with van der Waals surface area (Å²) in [6.45, 7) is 44.1. The fourth-order valence-electron chi connectivity index (χ4n) is 7.40. The van der Waals surface area contributed by atoms with Crippen LogP contribution in [-0.2, 0) is 48.4 Å². The van der Waals surface area contributed by atoms with Crippen LogP contribution in [0.4, 0.5) is 0 Å². The molecule has 4 rings (SSSR count). The van der Waals surface area contributed by atoms with Gasteiger partial charge in [0.15, 0.2) is 0 Å². The molecule has 0 aromatic heterocycles. The standard InChI is InChI=1S/C51H79O5P/c1-20-48(12,13)35-28-37-33(5)38-29-36(49(14,15)21-2)31-42(51(18,19)23-4)45(38)56-57(55-44(37)41(30-35)50(16,17)22-3)54-25-24-53-32-34-26-39(46(6,7)8)43(52)40(27-34)47(9,10)11/h26-31,33,52H,20-25,32H2,1-19H3. The van der Waals surface area contributed by atoms with E-state index in [0.29, 0.717) is 25.6 Å². The van der Waals surface area contributed by atoms with E-state index >= 15 is 0 Å². The van der Waals surface area contributed by atoms with Crippen LogP contribution in [0.1, 0.15) is 213 Å². The van der Waals surface area contributed by atoms with E-state index in [1.165, 1.54) is 33.4 Å². The molecule has 1 aliphatic heterocycles. The lowest BCUT2D eigenvalue weighted by atomic mass is 9.72. The number of fused-ring (bicyclic) bond motifs is 2. The van der Waals surface area contributed by atoms with Gasteiger partial charge >= 0.3 is 8.60 Å². The number of ether oxygens (including phenoxy) is 1. The summed E-state index contributed by atoms with van der Waals surface area (Å²) < 4.78 is 27.2. The molecule has 6 heteroatoms. The van der Waals surface area contributed by atoms with Gasteiger partial charge in [0.05, 0.1) is 19.8 Å². The van der Waals surface area contributed by atoms with Crippen molar-refractivity contribution in [3.05, 3.63) is 86.5 Å². The highest BCUT2D eigenvalue weighted by molar-refractivity contribution is 7.42. The normalized spacial score (nSPS) is 17.0. The average Bonchev–Trinajstić information content (AvgIpc) is 3.12. The Morgan fingerprint density at radius 3 is 1.28 bits per heavy atom. The van der Waals surface area contributed by atoms with Crippen molar-refractivity contribution in [1.29, 1.82) is 0 Å². The molecule has 0 atom stereocenters. The zero-order chi connectivity index (χ0) is 43.1. The number of benzene rings is 3. The molecule has 5 nitrogen and oxygen atoms in total. The van der Waals surface area contributed by atoms with E-state index in [9.17, 15) is 5.11 Å². The van der Waals surface area contributed by atoms with E-state index in [0.717, 1.165) is 53.9 Å². The second kappa shape index (κ2) is 17.2. The molecule has 1 N–H and O–H groups in total. The summed E-state index contributed by atoms with van der Waals surface area (Å²) in [7, 11) is -1.86. The molecule has 1 heterocycles. The fourth-order valence-corrected chi connectivity index (χ4v) is 8.47. The van der Waals surface area contributed by atoms with E-state index < -0.39 is 8.60 Å². The lowest BCUT2D eigenvalue weighted by Crippen LogP contribution is -2.25. The molecule has 0 radical (unpaired) electrons. The molecule has 0 saturated carbocycles. The summed E-state index contributed by atoms with van der Waals surface area (Å²) in [5.74, 6) is 2.19. The summed E-state index contributed by atoms with van der Waals surface area (Å²) in [5.41, 5.74) is 9.70. The molecule has 3 aromatic carbocycles. The zero-order valence-electron chi connectivity index (χ0n) is 39.5. The molecule has 0 bridgehead atoms. The third-order valence-corrected chi connectivity index (χ3v) is 14.6. The predicted octanol–water partition coefficient (Wildman–Crippen LogP) is 15.1. The number of rotatable bonds is 14. The smallest absolute Gasteiger partial charge is 0.463 e. The minimum atomic E-state index is -1.86. The van der Waals surface area contributed by atoms with Crippen LogP contribution in [0.15, 0.2) is 36.4 Å². The van der Waals surface area contributed by atoms with E-state index in [1.807, 2.05) is 0 Å². The zero-order valence-corrected chi connectivity index (χ0v) is 40.4. The molecule has 0 aliphatic carbocycles. The highest BCUT2D eigenvalue weighted by Gasteiger charge is 2.39. The summed E-state index contributed by atoms with van der Waals surface area (Å²) >= 11 is 0. The molecule has 57 heavy (non-hydrogen) atoms. The molecule has 1 aliphatic rings. The predicted molar refractivity (Wildman–Crippen MR) is 243 cm³/mol. The van der Waals surface area contributed by atoms with Crippen molar-refractivity contribution < 1.29 is 23.4 Å². The summed E-state index contributed by atoms with van der Waals surface area (Å²) in [6.07, 6.45) is 3.99. The van der Waals surface area contributed by atoms with Gasteiger partial charge in [-0.2, -0.15) is 0 Å². The van der Waals surface area contributed by atoms with E-state index in [-0.39, 0.29) is 38.4 Å². The maximum atomic E-state index is 11.3. The number of hydrogen-bond acceptors (Lipinski definition) is 5. The Morgan fingerprint density at radius 1 is 0.544 bits per heavy atom. The number of hydrogen-bond donors (Lipinski definition) is 1. The molecule has 0 saturated heterocycles. The number of phenolic OH excluding ortho intramolecular Hbond substituents is 1. The minimum Gasteiger partial charge on any atom is -0.507 e. The molecular formula is C51H79O5P. The van der Waals surface area contributed by atoms with Gasteiger partial charge in [-0.25, -0.2) is 0 Å². The number of phenols is 1. The van der Waals surface area contributed by atoms with Crippen molar-refractivity contribution in [2.75, 3.05) is 13.2 Å². The Balaban J connectivity index is 1.84. The largest absolute Gasteiger partial charge is 0.507 e. The molecule has 0 amide bonds. The topological polar surface area (TPSA) is 57.2 Å². The van der Waals surface area contributed by atoms with Gasteiger partial charge in [-0.1, -0.05) is 156 Å². The van der Waals surface area contributed by atoms with Crippen molar-refractivity contribution in [3.8, 4) is 17.2 Å². The van der Waals surface area contributed by atoms with Crippen LogP contribution < -0.4 is 9.05 Å². The van der Waals surface area contributed by atoms with Gasteiger partial charge in [-0.3, -0.25) is 4.52 Å². The van der Waals surface area contributed by atoms with Crippen molar-refractivity contribution in [2.45, 2.75) is 202 Å². The van der Waals surface area contributed by atoms with Crippen LogP contribution in [0.2, 0.25) is 0 Å². The minimum absolute atomic E-state index is 0.00616. The lowest BCUT2D eigenvalue weighted by Gasteiger charge is -2.38. The fraction of sp³-hybridized carbons (Fsp3) is 0.647. The number of aromatic hydroxyl groups is 1. The Labute approximate surface area is 350 Å². The second-order valence-corrected chi connectivity index (χ2v) is 22.5. The average molecular weight is 803 g/mol. The van der Waals surface area contributed by atoms with Crippen molar-refractivity contribution in [1.82, 2.24) is 0 Å². The van der Waals surface area contributed by atoms with Crippen LogP contribution in [0.25, 0.3) is 0 Å². The lowest BCUT2D eigenvalue weighted by molar-refractivity contribution is 0.0852.